The molecular weight excluding hydrogens is 312 g/mol. The molecule has 0 aliphatic carbocycles. The van der Waals surface area contributed by atoms with Crippen LogP contribution in [0.25, 0.3) is 0 Å². The Balaban J connectivity index is 1.57. The number of benzene rings is 2. The summed E-state index contributed by atoms with van der Waals surface area (Å²) in [4.78, 5) is 14.3. The van der Waals surface area contributed by atoms with E-state index >= 15 is 0 Å². The third-order valence-electron chi connectivity index (χ3n) is 4.69. The first-order valence-electron chi connectivity index (χ1n) is 8.93. The summed E-state index contributed by atoms with van der Waals surface area (Å²) in [5.74, 6) is 1.43. The maximum atomic E-state index is 12.4. The first-order chi connectivity index (χ1) is 12.3. The summed E-state index contributed by atoms with van der Waals surface area (Å²) < 4.78 is 5.87. The Morgan fingerprint density at radius 2 is 1.92 bits per heavy atom. The van der Waals surface area contributed by atoms with Crippen LogP contribution >= 0.6 is 0 Å². The van der Waals surface area contributed by atoms with Crippen LogP contribution in [0.2, 0.25) is 0 Å². The molecule has 1 heterocycles. The predicted molar refractivity (Wildman–Crippen MR) is 99.8 cm³/mol. The minimum Gasteiger partial charge on any atom is -0.483 e. The predicted octanol–water partition coefficient (Wildman–Crippen LogP) is 2.72. The highest BCUT2D eigenvalue weighted by atomic mass is 16.5. The average molecular weight is 338 g/mol. The summed E-state index contributed by atoms with van der Waals surface area (Å²) in [6.07, 6.45) is 1.87. The van der Waals surface area contributed by atoms with Crippen molar-refractivity contribution in [1.29, 1.82) is 0 Å². The van der Waals surface area contributed by atoms with E-state index in [1.54, 1.807) is 0 Å². The van der Waals surface area contributed by atoms with Crippen LogP contribution in [0, 0.1) is 5.92 Å². The van der Waals surface area contributed by atoms with E-state index in [9.17, 15) is 4.79 Å². The topological polar surface area (TPSA) is 41.6 Å². The first-order valence-corrected chi connectivity index (χ1v) is 8.93. The van der Waals surface area contributed by atoms with Crippen molar-refractivity contribution in [3.63, 3.8) is 0 Å². The lowest BCUT2D eigenvalue weighted by Gasteiger charge is -2.18. The standard InChI is InChI=1S/C21H26N2O2/c1-22-14-18-11-12-23(15-18)21(24)16-25-20-10-6-5-9-19(20)13-17-7-3-2-4-8-17/h2-10,18,22H,11-16H2,1H3. The third kappa shape index (κ3) is 4.83. The number of likely N-dealkylation sites (tertiary alicyclic amines) is 1. The van der Waals surface area contributed by atoms with Crippen LogP contribution in [0.15, 0.2) is 54.6 Å². The summed E-state index contributed by atoms with van der Waals surface area (Å²) in [6, 6.07) is 18.3. The van der Waals surface area contributed by atoms with Gasteiger partial charge in [-0.3, -0.25) is 4.79 Å². The second-order valence-corrected chi connectivity index (χ2v) is 6.61. The number of hydrogen-bond acceptors (Lipinski definition) is 3. The molecule has 132 valence electrons. The lowest BCUT2D eigenvalue weighted by molar-refractivity contribution is -0.132. The van der Waals surface area contributed by atoms with E-state index in [2.05, 4.69) is 23.5 Å². The van der Waals surface area contributed by atoms with Crippen LogP contribution in [0.4, 0.5) is 0 Å². The molecule has 4 heteroatoms. The van der Waals surface area contributed by atoms with E-state index in [1.807, 2.05) is 48.3 Å². The lowest BCUT2D eigenvalue weighted by Crippen LogP contribution is -2.34. The molecule has 0 spiro atoms. The van der Waals surface area contributed by atoms with E-state index in [0.717, 1.165) is 43.8 Å². The molecule has 1 aliphatic rings. The highest BCUT2D eigenvalue weighted by molar-refractivity contribution is 5.78. The monoisotopic (exact) mass is 338 g/mol. The van der Waals surface area contributed by atoms with Gasteiger partial charge in [0.25, 0.3) is 5.91 Å². The van der Waals surface area contributed by atoms with Gasteiger partial charge in [0, 0.05) is 19.5 Å². The number of ether oxygens (including phenoxy) is 1. The largest absolute Gasteiger partial charge is 0.483 e. The Kier molecular flexibility index (Phi) is 6.07. The van der Waals surface area contributed by atoms with E-state index in [1.165, 1.54) is 5.56 Å². The minimum atomic E-state index is 0.0770. The van der Waals surface area contributed by atoms with Crippen LogP contribution in [-0.4, -0.2) is 44.1 Å². The van der Waals surface area contributed by atoms with Gasteiger partial charge in [0.05, 0.1) is 0 Å². The molecule has 2 aromatic rings. The Morgan fingerprint density at radius 3 is 2.72 bits per heavy atom. The van der Waals surface area contributed by atoms with Crippen LogP contribution in [0.5, 0.6) is 5.75 Å². The fourth-order valence-electron chi connectivity index (χ4n) is 3.35. The van der Waals surface area contributed by atoms with Gasteiger partial charge in [0.2, 0.25) is 0 Å². The third-order valence-corrected chi connectivity index (χ3v) is 4.69. The molecule has 1 aliphatic heterocycles. The molecular formula is C21H26N2O2. The van der Waals surface area contributed by atoms with Crippen molar-refractivity contribution in [1.82, 2.24) is 10.2 Å². The molecule has 1 amide bonds. The minimum absolute atomic E-state index is 0.0770. The number of hydrogen-bond donors (Lipinski definition) is 1. The number of carbonyl (C=O) groups is 1. The van der Waals surface area contributed by atoms with Gasteiger partial charge in [0.15, 0.2) is 6.61 Å². The molecule has 0 radical (unpaired) electrons. The number of nitrogens with one attached hydrogen (secondary N) is 1. The number of carbonyl (C=O) groups excluding carboxylic acids is 1. The summed E-state index contributed by atoms with van der Waals surface area (Å²) in [5, 5.41) is 3.19. The Hall–Kier alpha value is -2.33. The SMILES string of the molecule is CNCC1CCN(C(=O)COc2ccccc2Cc2ccccc2)C1. The van der Waals surface area contributed by atoms with E-state index in [0.29, 0.717) is 5.92 Å². The number of amides is 1. The van der Waals surface area contributed by atoms with Crippen LogP contribution in [-0.2, 0) is 11.2 Å². The van der Waals surface area contributed by atoms with Crippen LogP contribution < -0.4 is 10.1 Å². The second-order valence-electron chi connectivity index (χ2n) is 6.61. The highest BCUT2D eigenvalue weighted by Gasteiger charge is 2.25. The van der Waals surface area contributed by atoms with Crippen molar-refractivity contribution in [3.05, 3.63) is 65.7 Å². The van der Waals surface area contributed by atoms with Crippen molar-refractivity contribution >= 4 is 5.91 Å². The van der Waals surface area contributed by atoms with Gasteiger partial charge in [-0.1, -0.05) is 48.5 Å². The van der Waals surface area contributed by atoms with Crippen LogP contribution in [0.1, 0.15) is 17.5 Å². The summed E-state index contributed by atoms with van der Waals surface area (Å²) >= 11 is 0. The van der Waals surface area contributed by atoms with Gasteiger partial charge in [-0.05, 0) is 43.1 Å². The molecule has 1 fully saturated rings. The second kappa shape index (κ2) is 8.67. The van der Waals surface area contributed by atoms with Gasteiger partial charge in [0.1, 0.15) is 5.75 Å². The normalized spacial score (nSPS) is 16.8. The van der Waals surface area contributed by atoms with Crippen molar-refractivity contribution < 1.29 is 9.53 Å². The molecule has 4 nitrogen and oxygen atoms in total. The molecule has 1 atom stereocenters. The van der Waals surface area contributed by atoms with Crippen LogP contribution in [0.3, 0.4) is 0 Å². The van der Waals surface area contributed by atoms with Crippen molar-refractivity contribution in [2.75, 3.05) is 33.3 Å². The maximum absolute atomic E-state index is 12.4. The van der Waals surface area contributed by atoms with E-state index in [-0.39, 0.29) is 12.5 Å². The van der Waals surface area contributed by atoms with Gasteiger partial charge < -0.3 is 15.0 Å². The number of nitrogens with zero attached hydrogens (tertiary/aromatic N) is 1. The zero-order valence-electron chi connectivity index (χ0n) is 14.8. The van der Waals surface area contributed by atoms with Crippen molar-refractivity contribution in [2.45, 2.75) is 12.8 Å². The fraction of sp³-hybridized carbons (Fsp3) is 0.381. The summed E-state index contributed by atoms with van der Waals surface area (Å²) in [6.45, 7) is 2.73. The maximum Gasteiger partial charge on any atom is 0.260 e. The average Bonchev–Trinajstić information content (AvgIpc) is 3.11. The molecule has 0 aromatic heterocycles. The molecule has 25 heavy (non-hydrogen) atoms. The summed E-state index contributed by atoms with van der Waals surface area (Å²) in [7, 11) is 1.96. The molecule has 1 unspecified atom stereocenters. The van der Waals surface area contributed by atoms with E-state index < -0.39 is 0 Å². The van der Waals surface area contributed by atoms with Gasteiger partial charge in [-0.25, -0.2) is 0 Å². The smallest absolute Gasteiger partial charge is 0.260 e. The molecule has 1 saturated heterocycles. The molecule has 1 N–H and O–H groups in total. The van der Waals surface area contributed by atoms with Gasteiger partial charge in [-0.2, -0.15) is 0 Å². The Bertz CT molecular complexity index is 687. The number of rotatable bonds is 7. The zero-order valence-corrected chi connectivity index (χ0v) is 14.8. The van der Waals surface area contributed by atoms with Gasteiger partial charge in [-0.15, -0.1) is 0 Å². The highest BCUT2D eigenvalue weighted by Crippen LogP contribution is 2.22. The van der Waals surface area contributed by atoms with E-state index in [4.69, 9.17) is 4.74 Å². The molecule has 0 saturated carbocycles. The Morgan fingerprint density at radius 1 is 1.16 bits per heavy atom. The van der Waals surface area contributed by atoms with Crippen molar-refractivity contribution in [3.8, 4) is 5.75 Å². The first kappa shape index (κ1) is 17.5. The molecule has 3 rings (SSSR count). The number of para-hydroxylation sites is 1. The summed E-state index contributed by atoms with van der Waals surface area (Å²) in [5.41, 5.74) is 2.34. The lowest BCUT2D eigenvalue weighted by atomic mass is 10.0. The molecule has 2 aromatic carbocycles. The van der Waals surface area contributed by atoms with Crippen molar-refractivity contribution in [2.24, 2.45) is 5.92 Å². The fourth-order valence-corrected chi connectivity index (χ4v) is 3.35. The molecule has 0 bridgehead atoms. The quantitative estimate of drug-likeness (QED) is 0.844. The van der Waals surface area contributed by atoms with Gasteiger partial charge >= 0.3 is 0 Å². The Labute approximate surface area is 149 Å². The zero-order chi connectivity index (χ0) is 17.5.